The van der Waals surface area contributed by atoms with Crippen LogP contribution < -0.4 is 10.1 Å². The number of hydrogen-bond acceptors (Lipinski definition) is 3. The van der Waals surface area contributed by atoms with Gasteiger partial charge in [-0.25, -0.2) is 4.79 Å². The zero-order valence-electron chi connectivity index (χ0n) is 11.6. The molecule has 2 N–H and O–H groups in total. The van der Waals surface area contributed by atoms with Crippen LogP contribution in [0.3, 0.4) is 0 Å². The number of carbonyl (C=O) groups is 1. The summed E-state index contributed by atoms with van der Waals surface area (Å²) in [6, 6.07) is 14.5. The average Bonchev–Trinajstić information content (AvgIpc) is 2.46. The minimum absolute atomic E-state index is 0.160. The molecule has 1 amide bonds. The summed E-state index contributed by atoms with van der Waals surface area (Å²) < 4.78 is 5.28. The molecule has 2 aromatic rings. The standard InChI is InChI=1S/C17H17NO3/c19-16-10-9-14(21-17(20)18-13-7-4-8-13)11-15(16)12-5-2-1-3-6-12/h1-3,5-6,9-11,13,19H,4,7-8H2,(H,18,20)/i17-1. The van der Waals surface area contributed by atoms with Gasteiger partial charge in [-0.3, -0.25) is 0 Å². The Bertz CT molecular complexity index is 636. The molecule has 2 aromatic carbocycles. The van der Waals surface area contributed by atoms with Gasteiger partial charge in [0.05, 0.1) is 0 Å². The van der Waals surface area contributed by atoms with Gasteiger partial charge in [0.1, 0.15) is 11.5 Å². The molecule has 1 fully saturated rings. The van der Waals surface area contributed by atoms with Crippen LogP contribution in [-0.4, -0.2) is 17.2 Å². The highest BCUT2D eigenvalue weighted by molar-refractivity contribution is 5.75. The minimum atomic E-state index is -0.440. The fraction of sp³-hybridized carbons (Fsp3) is 0.235. The SMILES string of the molecule is O=[11C](NC1CCC1)Oc1ccc(O)c(-c2ccccc2)c1. The molecular formula is C17H17NO3. The van der Waals surface area contributed by atoms with Crippen LogP contribution >= 0.6 is 0 Å². The summed E-state index contributed by atoms with van der Waals surface area (Å²) in [6.45, 7) is 0. The van der Waals surface area contributed by atoms with Gasteiger partial charge in [0.15, 0.2) is 0 Å². The zero-order valence-corrected chi connectivity index (χ0v) is 11.6. The smallest absolute Gasteiger partial charge is 0.412 e. The molecule has 4 heteroatoms. The van der Waals surface area contributed by atoms with Crippen molar-refractivity contribution < 1.29 is 14.6 Å². The summed E-state index contributed by atoms with van der Waals surface area (Å²) in [6.07, 6.45) is 2.74. The van der Waals surface area contributed by atoms with Crippen molar-refractivity contribution in [3.05, 3.63) is 48.5 Å². The van der Waals surface area contributed by atoms with Crippen LogP contribution in [0.4, 0.5) is 4.79 Å². The van der Waals surface area contributed by atoms with Crippen molar-refractivity contribution in [3.8, 4) is 22.6 Å². The van der Waals surface area contributed by atoms with Gasteiger partial charge >= 0.3 is 6.09 Å². The number of ether oxygens (including phenoxy) is 1. The lowest BCUT2D eigenvalue weighted by atomic mass is 9.92. The van der Waals surface area contributed by atoms with E-state index in [1.807, 2.05) is 30.3 Å². The van der Waals surface area contributed by atoms with Crippen molar-refractivity contribution >= 4 is 6.09 Å². The van der Waals surface area contributed by atoms with Crippen LogP contribution in [0.2, 0.25) is 0 Å². The fourth-order valence-electron chi connectivity index (χ4n) is 2.28. The van der Waals surface area contributed by atoms with Gasteiger partial charge in [-0.05, 0) is 43.0 Å². The lowest BCUT2D eigenvalue weighted by molar-refractivity contribution is 0.188. The van der Waals surface area contributed by atoms with E-state index in [1.54, 1.807) is 12.1 Å². The Hall–Kier alpha value is -2.49. The van der Waals surface area contributed by atoms with Crippen molar-refractivity contribution in [3.63, 3.8) is 0 Å². The number of aromatic hydroxyl groups is 1. The third-order valence-electron chi connectivity index (χ3n) is 3.69. The van der Waals surface area contributed by atoms with E-state index in [0.29, 0.717) is 11.3 Å². The third kappa shape index (κ3) is 3.16. The molecule has 108 valence electrons. The topological polar surface area (TPSA) is 58.6 Å². The maximum absolute atomic E-state index is 11.8. The summed E-state index contributed by atoms with van der Waals surface area (Å²) in [7, 11) is 0. The summed E-state index contributed by atoms with van der Waals surface area (Å²) >= 11 is 0. The first kappa shape index (κ1) is 13.5. The number of benzene rings is 2. The van der Waals surface area contributed by atoms with Gasteiger partial charge in [-0.2, -0.15) is 0 Å². The maximum atomic E-state index is 11.8. The Labute approximate surface area is 123 Å². The summed E-state index contributed by atoms with van der Waals surface area (Å²) in [5.74, 6) is 0.580. The number of amides is 1. The molecule has 0 aromatic heterocycles. The Morgan fingerprint density at radius 3 is 2.57 bits per heavy atom. The molecule has 0 saturated heterocycles. The lowest BCUT2D eigenvalue weighted by Crippen LogP contribution is -2.41. The van der Waals surface area contributed by atoms with E-state index >= 15 is 0 Å². The molecule has 0 atom stereocenters. The monoisotopic (exact) mass is 282 g/mol. The van der Waals surface area contributed by atoms with Gasteiger partial charge in [0, 0.05) is 11.6 Å². The van der Waals surface area contributed by atoms with E-state index in [0.717, 1.165) is 24.8 Å². The van der Waals surface area contributed by atoms with E-state index in [2.05, 4.69) is 5.32 Å². The predicted molar refractivity (Wildman–Crippen MR) is 80.3 cm³/mol. The summed E-state index contributed by atoms with van der Waals surface area (Å²) in [5, 5.41) is 12.8. The van der Waals surface area contributed by atoms with Crippen LogP contribution in [-0.2, 0) is 0 Å². The predicted octanol–water partition coefficient (Wildman–Crippen LogP) is 3.70. The highest BCUT2D eigenvalue weighted by Crippen LogP contribution is 2.32. The van der Waals surface area contributed by atoms with Crippen molar-refractivity contribution in [2.75, 3.05) is 0 Å². The highest BCUT2D eigenvalue weighted by atomic mass is 16.5. The van der Waals surface area contributed by atoms with Gasteiger partial charge in [0.25, 0.3) is 0 Å². The largest absolute Gasteiger partial charge is 0.507 e. The number of phenols is 1. The second kappa shape index (κ2) is 5.87. The van der Waals surface area contributed by atoms with E-state index in [1.165, 1.54) is 6.07 Å². The number of hydrogen-bond donors (Lipinski definition) is 2. The molecule has 0 aliphatic heterocycles. The Morgan fingerprint density at radius 1 is 1.14 bits per heavy atom. The molecular weight excluding hydrogens is 265 g/mol. The van der Waals surface area contributed by atoms with E-state index in [4.69, 9.17) is 4.74 Å². The zero-order chi connectivity index (χ0) is 14.7. The summed E-state index contributed by atoms with van der Waals surface area (Å²) in [4.78, 5) is 11.8. The molecule has 0 unspecified atom stereocenters. The van der Waals surface area contributed by atoms with Gasteiger partial charge in [-0.15, -0.1) is 0 Å². The molecule has 0 bridgehead atoms. The average molecular weight is 282 g/mol. The normalized spacial score (nSPS) is 14.3. The highest BCUT2D eigenvalue weighted by Gasteiger charge is 2.20. The van der Waals surface area contributed by atoms with Gasteiger partial charge < -0.3 is 15.2 Å². The number of nitrogens with one attached hydrogen (secondary N) is 1. The minimum Gasteiger partial charge on any atom is -0.507 e. The molecule has 4 nitrogen and oxygen atoms in total. The number of carbonyl (C=O) groups excluding carboxylic acids is 1. The van der Waals surface area contributed by atoms with Crippen LogP contribution in [0.15, 0.2) is 48.5 Å². The molecule has 0 heterocycles. The second-order valence-electron chi connectivity index (χ2n) is 5.21. The first-order valence-electron chi connectivity index (χ1n) is 7.09. The van der Waals surface area contributed by atoms with Crippen molar-refractivity contribution in [2.24, 2.45) is 0 Å². The molecule has 0 radical (unpaired) electrons. The molecule has 1 saturated carbocycles. The van der Waals surface area contributed by atoms with Crippen molar-refractivity contribution in [2.45, 2.75) is 25.3 Å². The van der Waals surface area contributed by atoms with Crippen LogP contribution in [0.1, 0.15) is 19.3 Å². The van der Waals surface area contributed by atoms with Gasteiger partial charge in [0.2, 0.25) is 0 Å². The van der Waals surface area contributed by atoms with Crippen LogP contribution in [0, 0.1) is 0 Å². The Kier molecular flexibility index (Phi) is 3.77. The Morgan fingerprint density at radius 2 is 1.90 bits per heavy atom. The number of rotatable bonds is 3. The van der Waals surface area contributed by atoms with Gasteiger partial charge in [-0.1, -0.05) is 30.3 Å². The first-order valence-corrected chi connectivity index (χ1v) is 7.09. The molecule has 0 spiro atoms. The Balaban J connectivity index is 1.76. The van der Waals surface area contributed by atoms with E-state index in [9.17, 15) is 9.90 Å². The molecule has 3 rings (SSSR count). The van der Waals surface area contributed by atoms with E-state index < -0.39 is 6.09 Å². The van der Waals surface area contributed by atoms with E-state index in [-0.39, 0.29) is 11.8 Å². The number of phenolic OH excluding ortho intramolecular Hbond substituents is 1. The molecule has 21 heavy (non-hydrogen) atoms. The van der Waals surface area contributed by atoms with Crippen LogP contribution in [0.5, 0.6) is 11.5 Å². The second-order valence-corrected chi connectivity index (χ2v) is 5.21. The third-order valence-corrected chi connectivity index (χ3v) is 3.69. The van der Waals surface area contributed by atoms with Crippen molar-refractivity contribution in [1.82, 2.24) is 5.32 Å². The fourth-order valence-corrected chi connectivity index (χ4v) is 2.28. The van der Waals surface area contributed by atoms with Crippen LogP contribution in [0.25, 0.3) is 11.1 Å². The quantitative estimate of drug-likeness (QED) is 0.902. The van der Waals surface area contributed by atoms with Crippen molar-refractivity contribution in [1.29, 1.82) is 0 Å². The first-order chi connectivity index (χ1) is 10.2. The lowest BCUT2D eigenvalue weighted by Gasteiger charge is -2.25. The maximum Gasteiger partial charge on any atom is 0.412 e. The molecule has 1 aliphatic rings. The summed E-state index contributed by atoms with van der Waals surface area (Å²) in [5.41, 5.74) is 1.52. The molecule has 1 aliphatic carbocycles.